The van der Waals surface area contributed by atoms with Crippen LogP contribution in [0.3, 0.4) is 0 Å². The van der Waals surface area contributed by atoms with E-state index in [1.165, 1.54) is 11.9 Å². The van der Waals surface area contributed by atoms with Gasteiger partial charge in [-0.15, -0.1) is 0 Å². The van der Waals surface area contributed by atoms with Crippen LogP contribution in [0, 0.1) is 0 Å². The van der Waals surface area contributed by atoms with Crippen molar-refractivity contribution in [1.29, 1.82) is 0 Å². The van der Waals surface area contributed by atoms with Crippen molar-refractivity contribution in [3.05, 3.63) is 24.3 Å². The fourth-order valence-corrected chi connectivity index (χ4v) is 1.67. The maximum absolute atomic E-state index is 5.51. The highest BCUT2D eigenvalue weighted by Gasteiger charge is 2.05. The van der Waals surface area contributed by atoms with Gasteiger partial charge in [-0.2, -0.15) is 0 Å². The van der Waals surface area contributed by atoms with Gasteiger partial charge in [0.15, 0.2) is 5.58 Å². The van der Waals surface area contributed by atoms with Crippen LogP contribution in [0.4, 0.5) is 0 Å². The second kappa shape index (κ2) is 4.02. The third-order valence-electron chi connectivity index (χ3n) is 1.66. The third kappa shape index (κ3) is 2.08. The van der Waals surface area contributed by atoms with Gasteiger partial charge in [-0.25, -0.2) is 4.98 Å². The molecule has 2 aromatic rings. The van der Waals surface area contributed by atoms with E-state index < -0.39 is 0 Å². The van der Waals surface area contributed by atoms with E-state index in [2.05, 4.69) is 23.6 Å². The molecule has 0 aliphatic heterocycles. The summed E-state index contributed by atoms with van der Waals surface area (Å²) in [6.45, 7) is 4.16. The number of benzene rings is 1. The first-order valence-corrected chi connectivity index (χ1v) is 5.35. The first-order chi connectivity index (χ1) is 6.75. The Hall–Kier alpha value is -1.00. The molecule has 1 aromatic heterocycles. The molecule has 1 N–H and O–H groups in total. The topological polar surface area (TPSA) is 38.1 Å². The summed E-state index contributed by atoms with van der Waals surface area (Å²) in [7, 11) is 0. The van der Waals surface area contributed by atoms with E-state index in [0.29, 0.717) is 11.3 Å². The van der Waals surface area contributed by atoms with Crippen LogP contribution in [0.2, 0.25) is 0 Å². The quantitative estimate of drug-likeness (QED) is 0.787. The van der Waals surface area contributed by atoms with Gasteiger partial charge in [-0.1, -0.05) is 12.1 Å². The van der Waals surface area contributed by atoms with E-state index in [0.717, 1.165) is 11.1 Å². The summed E-state index contributed by atoms with van der Waals surface area (Å²) < 4.78 is 8.69. The Morgan fingerprint density at radius 1 is 1.36 bits per heavy atom. The van der Waals surface area contributed by atoms with Crippen LogP contribution in [0.5, 0.6) is 0 Å². The molecule has 4 heteroatoms. The number of rotatable bonds is 3. The van der Waals surface area contributed by atoms with E-state index in [-0.39, 0.29) is 0 Å². The summed E-state index contributed by atoms with van der Waals surface area (Å²) in [6, 6.07) is 8.17. The lowest BCUT2D eigenvalue weighted by Gasteiger charge is -2.01. The summed E-state index contributed by atoms with van der Waals surface area (Å²) in [6.07, 6.45) is 0. The van der Waals surface area contributed by atoms with Crippen molar-refractivity contribution in [2.24, 2.45) is 0 Å². The van der Waals surface area contributed by atoms with Gasteiger partial charge in [0.1, 0.15) is 5.52 Å². The largest absolute Gasteiger partial charge is 0.430 e. The van der Waals surface area contributed by atoms with Crippen molar-refractivity contribution >= 4 is 23.0 Å². The predicted octanol–water partition coefficient (Wildman–Crippen LogP) is 2.83. The van der Waals surface area contributed by atoms with E-state index in [4.69, 9.17) is 4.42 Å². The first-order valence-electron chi connectivity index (χ1n) is 4.53. The molecule has 0 aliphatic carbocycles. The minimum Gasteiger partial charge on any atom is -0.430 e. The zero-order valence-electron chi connectivity index (χ0n) is 8.15. The lowest BCUT2D eigenvalue weighted by molar-refractivity contribution is 0.487. The highest BCUT2D eigenvalue weighted by atomic mass is 32.2. The van der Waals surface area contributed by atoms with Gasteiger partial charge in [0.25, 0.3) is 5.22 Å². The normalized spacial score (nSPS) is 11.4. The molecule has 0 unspecified atom stereocenters. The molecule has 1 aromatic carbocycles. The Morgan fingerprint density at radius 2 is 2.14 bits per heavy atom. The zero-order valence-corrected chi connectivity index (χ0v) is 8.97. The Labute approximate surface area is 87.0 Å². The molecule has 0 aliphatic rings. The molecule has 3 nitrogen and oxygen atoms in total. The van der Waals surface area contributed by atoms with Crippen molar-refractivity contribution in [2.45, 2.75) is 25.1 Å². The third-order valence-corrected chi connectivity index (χ3v) is 2.59. The molecule has 74 valence electrons. The number of aromatic nitrogens is 1. The SMILES string of the molecule is CC(C)NSc1nc2ccccc2o1. The summed E-state index contributed by atoms with van der Waals surface area (Å²) in [5.41, 5.74) is 1.74. The van der Waals surface area contributed by atoms with Crippen LogP contribution in [-0.4, -0.2) is 11.0 Å². The summed E-state index contributed by atoms with van der Waals surface area (Å²) in [5.74, 6) is 0. The fourth-order valence-electron chi connectivity index (χ4n) is 1.06. The van der Waals surface area contributed by atoms with E-state index in [9.17, 15) is 0 Å². The first kappa shape index (κ1) is 9.55. The number of oxazole rings is 1. The van der Waals surface area contributed by atoms with Gasteiger partial charge in [-0.05, 0) is 26.0 Å². The number of hydrogen-bond donors (Lipinski definition) is 1. The van der Waals surface area contributed by atoms with Crippen LogP contribution in [0.1, 0.15) is 13.8 Å². The molecule has 0 fully saturated rings. The van der Waals surface area contributed by atoms with Gasteiger partial charge < -0.3 is 4.42 Å². The fraction of sp³-hybridized carbons (Fsp3) is 0.300. The minimum atomic E-state index is 0.412. The molecule has 14 heavy (non-hydrogen) atoms. The second-order valence-electron chi connectivity index (χ2n) is 3.32. The van der Waals surface area contributed by atoms with Gasteiger partial charge in [0.2, 0.25) is 0 Å². The summed E-state index contributed by atoms with van der Waals surface area (Å²) in [5, 5.41) is 0.667. The summed E-state index contributed by atoms with van der Waals surface area (Å²) in [4.78, 5) is 4.32. The molecule has 0 spiro atoms. The lowest BCUT2D eigenvalue weighted by Crippen LogP contribution is -2.13. The van der Waals surface area contributed by atoms with Crippen LogP contribution in [0.15, 0.2) is 33.9 Å². The zero-order chi connectivity index (χ0) is 9.97. The highest BCUT2D eigenvalue weighted by Crippen LogP contribution is 2.21. The minimum absolute atomic E-state index is 0.412. The number of fused-ring (bicyclic) bond motifs is 1. The number of nitrogens with zero attached hydrogens (tertiary/aromatic N) is 1. The average molecular weight is 208 g/mol. The molecular weight excluding hydrogens is 196 g/mol. The van der Waals surface area contributed by atoms with Crippen molar-refractivity contribution in [3.63, 3.8) is 0 Å². The molecule has 0 saturated carbocycles. The molecule has 2 rings (SSSR count). The van der Waals surface area contributed by atoms with Gasteiger partial charge in [0, 0.05) is 18.0 Å². The summed E-state index contributed by atoms with van der Waals surface area (Å²) >= 11 is 1.43. The molecule has 0 amide bonds. The second-order valence-corrected chi connectivity index (χ2v) is 4.11. The van der Waals surface area contributed by atoms with Crippen molar-refractivity contribution in [1.82, 2.24) is 9.71 Å². The average Bonchev–Trinajstić information content (AvgIpc) is 2.57. The smallest absolute Gasteiger partial charge is 0.272 e. The standard InChI is InChI=1S/C10H12N2OS/c1-7(2)12-14-10-11-8-5-3-4-6-9(8)13-10/h3-7,12H,1-2H3. The van der Waals surface area contributed by atoms with Gasteiger partial charge in [0.05, 0.1) is 0 Å². The van der Waals surface area contributed by atoms with Crippen molar-refractivity contribution in [2.75, 3.05) is 0 Å². The van der Waals surface area contributed by atoms with Crippen molar-refractivity contribution < 1.29 is 4.42 Å². The number of hydrogen-bond acceptors (Lipinski definition) is 4. The molecule has 0 atom stereocenters. The van der Waals surface area contributed by atoms with Gasteiger partial charge >= 0.3 is 0 Å². The highest BCUT2D eigenvalue weighted by molar-refractivity contribution is 7.97. The lowest BCUT2D eigenvalue weighted by atomic mass is 10.3. The van der Waals surface area contributed by atoms with E-state index in [1.54, 1.807) is 0 Å². The van der Waals surface area contributed by atoms with Gasteiger partial charge in [-0.3, -0.25) is 4.72 Å². The maximum Gasteiger partial charge on any atom is 0.272 e. The molecule has 1 heterocycles. The molecular formula is C10H12N2OS. The number of nitrogens with one attached hydrogen (secondary N) is 1. The Bertz CT molecular complexity index is 392. The predicted molar refractivity (Wildman–Crippen MR) is 58.1 cm³/mol. The molecule has 0 bridgehead atoms. The van der Waals surface area contributed by atoms with Crippen LogP contribution < -0.4 is 4.72 Å². The number of para-hydroxylation sites is 2. The van der Waals surface area contributed by atoms with Crippen LogP contribution in [0.25, 0.3) is 11.1 Å². The van der Waals surface area contributed by atoms with E-state index in [1.807, 2.05) is 24.3 Å². The Balaban J connectivity index is 2.19. The van der Waals surface area contributed by atoms with E-state index >= 15 is 0 Å². The molecule has 0 saturated heterocycles. The maximum atomic E-state index is 5.51. The Morgan fingerprint density at radius 3 is 2.86 bits per heavy atom. The van der Waals surface area contributed by atoms with Crippen LogP contribution >= 0.6 is 11.9 Å². The van der Waals surface area contributed by atoms with Crippen LogP contribution in [-0.2, 0) is 0 Å². The Kier molecular flexibility index (Phi) is 2.74. The molecule has 0 radical (unpaired) electrons. The monoisotopic (exact) mass is 208 g/mol. The van der Waals surface area contributed by atoms with Crippen molar-refractivity contribution in [3.8, 4) is 0 Å².